The number of methoxy groups -OCH3 is 1. The highest BCUT2D eigenvalue weighted by Gasteiger charge is 2.16. The summed E-state index contributed by atoms with van der Waals surface area (Å²) in [5.41, 5.74) is 3.98. The van der Waals surface area contributed by atoms with E-state index >= 15 is 0 Å². The van der Waals surface area contributed by atoms with Gasteiger partial charge in [-0.1, -0.05) is 46.9 Å². The molecule has 0 unspecified atom stereocenters. The summed E-state index contributed by atoms with van der Waals surface area (Å²) in [5, 5.41) is 5.32. The van der Waals surface area contributed by atoms with Crippen LogP contribution in [0.5, 0.6) is 17.2 Å². The molecule has 1 amide bonds. The number of hydrogen-bond acceptors (Lipinski definition) is 5. The first-order valence-corrected chi connectivity index (χ1v) is 11.0. The molecule has 33 heavy (non-hydrogen) atoms. The molecule has 1 atom stereocenters. The molecular weight excluding hydrogens is 487 g/mol. The number of benzene rings is 3. The SMILES string of the molecule is COc1ccc(/C=N\NC(=O)[C@@H](C)Oc2ccc(Cl)cc2Cl)cc1COc1ccccc1Cl. The van der Waals surface area contributed by atoms with Gasteiger partial charge >= 0.3 is 0 Å². The minimum atomic E-state index is -0.823. The number of ether oxygens (including phenoxy) is 3. The minimum absolute atomic E-state index is 0.244. The summed E-state index contributed by atoms with van der Waals surface area (Å²) < 4.78 is 16.8. The van der Waals surface area contributed by atoms with Gasteiger partial charge in [0.15, 0.2) is 6.10 Å². The maximum absolute atomic E-state index is 12.3. The first-order valence-electron chi connectivity index (χ1n) is 9.86. The Labute approximate surface area is 207 Å². The zero-order valence-corrected chi connectivity index (χ0v) is 20.1. The van der Waals surface area contributed by atoms with Crippen molar-refractivity contribution in [3.8, 4) is 17.2 Å². The highest BCUT2D eigenvalue weighted by molar-refractivity contribution is 6.35. The van der Waals surface area contributed by atoms with Gasteiger partial charge in [0.1, 0.15) is 23.9 Å². The molecule has 1 N–H and O–H groups in total. The molecule has 3 aromatic carbocycles. The van der Waals surface area contributed by atoms with Gasteiger partial charge in [-0.15, -0.1) is 0 Å². The molecule has 9 heteroatoms. The number of nitrogens with one attached hydrogen (secondary N) is 1. The van der Waals surface area contributed by atoms with Crippen LogP contribution in [-0.2, 0) is 11.4 Å². The van der Waals surface area contributed by atoms with Crippen molar-refractivity contribution in [1.82, 2.24) is 5.43 Å². The predicted molar refractivity (Wildman–Crippen MR) is 131 cm³/mol. The smallest absolute Gasteiger partial charge is 0.280 e. The highest BCUT2D eigenvalue weighted by Crippen LogP contribution is 2.28. The molecule has 172 valence electrons. The first-order chi connectivity index (χ1) is 15.9. The second-order valence-electron chi connectivity index (χ2n) is 6.86. The first kappa shape index (κ1) is 24.7. The largest absolute Gasteiger partial charge is 0.496 e. The summed E-state index contributed by atoms with van der Waals surface area (Å²) in [7, 11) is 1.58. The molecule has 0 heterocycles. The van der Waals surface area contributed by atoms with Crippen LogP contribution in [0, 0.1) is 0 Å². The lowest BCUT2D eigenvalue weighted by molar-refractivity contribution is -0.127. The average molecular weight is 508 g/mol. The number of hydrogen-bond donors (Lipinski definition) is 1. The Bertz CT molecular complexity index is 1150. The number of halogens is 3. The van der Waals surface area contributed by atoms with Crippen molar-refractivity contribution in [2.45, 2.75) is 19.6 Å². The quantitative estimate of drug-likeness (QED) is 0.278. The monoisotopic (exact) mass is 506 g/mol. The molecule has 0 radical (unpaired) electrons. The van der Waals surface area contributed by atoms with Gasteiger partial charge in [0.05, 0.1) is 23.4 Å². The van der Waals surface area contributed by atoms with Crippen molar-refractivity contribution in [2.24, 2.45) is 5.10 Å². The average Bonchev–Trinajstić information content (AvgIpc) is 2.80. The van der Waals surface area contributed by atoms with Gasteiger partial charge in [-0.25, -0.2) is 5.43 Å². The summed E-state index contributed by atoms with van der Waals surface area (Å²) in [4.78, 5) is 12.3. The zero-order chi connectivity index (χ0) is 23.8. The summed E-state index contributed by atoms with van der Waals surface area (Å²) in [6, 6.07) is 17.4. The van der Waals surface area contributed by atoms with Crippen molar-refractivity contribution in [3.63, 3.8) is 0 Å². The molecule has 6 nitrogen and oxygen atoms in total. The number of amides is 1. The highest BCUT2D eigenvalue weighted by atomic mass is 35.5. The Balaban J connectivity index is 1.61. The van der Waals surface area contributed by atoms with Gasteiger partial charge in [-0.3, -0.25) is 4.79 Å². The molecule has 0 saturated heterocycles. The van der Waals surface area contributed by atoms with Gasteiger partial charge < -0.3 is 14.2 Å². The Morgan fingerprint density at radius 3 is 2.48 bits per heavy atom. The number of rotatable bonds is 9. The minimum Gasteiger partial charge on any atom is -0.496 e. The van der Waals surface area contributed by atoms with E-state index in [0.717, 1.165) is 11.1 Å². The zero-order valence-electron chi connectivity index (χ0n) is 17.8. The van der Waals surface area contributed by atoms with E-state index in [1.54, 1.807) is 50.4 Å². The molecule has 0 spiro atoms. The van der Waals surface area contributed by atoms with Crippen molar-refractivity contribution in [3.05, 3.63) is 86.9 Å². The third-order valence-corrected chi connectivity index (χ3v) is 5.32. The van der Waals surface area contributed by atoms with Crippen LogP contribution in [0.15, 0.2) is 65.8 Å². The maximum atomic E-state index is 12.3. The second-order valence-corrected chi connectivity index (χ2v) is 8.11. The Hall–Kier alpha value is -2.93. The van der Waals surface area contributed by atoms with Gasteiger partial charge in [-0.05, 0) is 61.0 Å². The summed E-state index contributed by atoms with van der Waals surface area (Å²) >= 11 is 18.1. The normalized spacial score (nSPS) is 11.8. The third kappa shape index (κ3) is 7.02. The molecular formula is C24H21Cl3N2O4. The Kier molecular flexibility index (Phi) is 8.83. The fraction of sp³-hybridized carbons (Fsp3) is 0.167. The molecule has 0 aliphatic carbocycles. The molecule has 0 saturated carbocycles. The lowest BCUT2D eigenvalue weighted by Gasteiger charge is -2.14. The van der Waals surface area contributed by atoms with Crippen LogP contribution in [0.1, 0.15) is 18.1 Å². The lowest BCUT2D eigenvalue weighted by atomic mass is 10.1. The number of nitrogens with zero attached hydrogens (tertiary/aromatic N) is 1. The second kappa shape index (κ2) is 11.8. The molecule has 0 aliphatic rings. The van der Waals surface area contributed by atoms with E-state index in [2.05, 4.69) is 10.5 Å². The van der Waals surface area contributed by atoms with E-state index < -0.39 is 12.0 Å². The van der Waals surface area contributed by atoms with E-state index in [1.165, 1.54) is 12.3 Å². The number of para-hydroxylation sites is 1. The van der Waals surface area contributed by atoms with E-state index in [1.807, 2.05) is 18.2 Å². The van der Waals surface area contributed by atoms with Crippen molar-refractivity contribution in [2.75, 3.05) is 7.11 Å². The maximum Gasteiger partial charge on any atom is 0.280 e. The fourth-order valence-electron chi connectivity index (χ4n) is 2.78. The number of hydrazone groups is 1. The summed E-state index contributed by atoms with van der Waals surface area (Å²) in [5.74, 6) is 1.14. The van der Waals surface area contributed by atoms with Crippen LogP contribution in [0.3, 0.4) is 0 Å². The Morgan fingerprint density at radius 1 is 1.00 bits per heavy atom. The number of carbonyl (C=O) groups excluding carboxylic acids is 1. The molecule has 3 rings (SSSR count). The van der Waals surface area contributed by atoms with Crippen molar-refractivity contribution < 1.29 is 19.0 Å². The van der Waals surface area contributed by atoms with Gasteiger partial charge in [0.2, 0.25) is 0 Å². The molecule has 0 aromatic heterocycles. The summed E-state index contributed by atoms with van der Waals surface area (Å²) in [6.45, 7) is 1.83. The van der Waals surface area contributed by atoms with E-state index in [4.69, 9.17) is 49.0 Å². The summed E-state index contributed by atoms with van der Waals surface area (Å²) in [6.07, 6.45) is 0.689. The fourth-order valence-corrected chi connectivity index (χ4v) is 3.43. The topological polar surface area (TPSA) is 69.2 Å². The predicted octanol–water partition coefficient (Wildman–Crippen LogP) is 6.15. The van der Waals surface area contributed by atoms with Crippen LogP contribution in [0.25, 0.3) is 0 Å². The molecule has 0 fully saturated rings. The van der Waals surface area contributed by atoms with Crippen LogP contribution < -0.4 is 19.6 Å². The third-order valence-electron chi connectivity index (χ3n) is 4.48. The van der Waals surface area contributed by atoms with Gasteiger partial charge in [0, 0.05) is 10.6 Å². The van der Waals surface area contributed by atoms with Crippen molar-refractivity contribution in [1.29, 1.82) is 0 Å². The van der Waals surface area contributed by atoms with Crippen LogP contribution in [-0.4, -0.2) is 25.3 Å². The molecule has 0 bridgehead atoms. The van der Waals surface area contributed by atoms with Gasteiger partial charge in [-0.2, -0.15) is 5.10 Å². The lowest BCUT2D eigenvalue weighted by Crippen LogP contribution is -2.33. The van der Waals surface area contributed by atoms with Crippen molar-refractivity contribution >= 4 is 46.9 Å². The standard InChI is InChI=1S/C24H21Cl3N2O4/c1-15(33-23-10-8-18(25)12-20(23)27)24(30)29-28-13-16-7-9-21(31-2)17(11-16)14-32-22-6-4-3-5-19(22)26/h3-13,15H,14H2,1-2H3,(H,29,30)/b28-13-/t15-/m1/s1. The van der Waals surface area contributed by atoms with Gasteiger partial charge in [0.25, 0.3) is 5.91 Å². The van der Waals surface area contributed by atoms with Crippen LogP contribution in [0.4, 0.5) is 0 Å². The van der Waals surface area contributed by atoms with E-state index in [-0.39, 0.29) is 6.61 Å². The molecule has 0 aliphatic heterocycles. The molecule has 3 aromatic rings. The Morgan fingerprint density at radius 2 is 1.76 bits per heavy atom. The number of carbonyl (C=O) groups is 1. The van der Waals surface area contributed by atoms with E-state index in [0.29, 0.717) is 32.3 Å². The van der Waals surface area contributed by atoms with Crippen LogP contribution >= 0.6 is 34.8 Å². The van der Waals surface area contributed by atoms with Crippen LogP contribution in [0.2, 0.25) is 15.1 Å². The van der Waals surface area contributed by atoms with E-state index in [9.17, 15) is 4.79 Å².